The average Bonchev–Trinajstić information content (AvgIpc) is 2.80. The normalized spacial score (nSPS) is 11.8. The third-order valence-corrected chi connectivity index (χ3v) is 6.38. The molecule has 3 aromatic carbocycles. The molecule has 6 heteroatoms. The molecule has 0 aromatic heterocycles. The Morgan fingerprint density at radius 2 is 1.56 bits per heavy atom. The van der Waals surface area contributed by atoms with Crippen molar-refractivity contribution in [3.8, 4) is 0 Å². The zero-order valence-electron chi connectivity index (χ0n) is 19.7. The summed E-state index contributed by atoms with van der Waals surface area (Å²) >= 11 is 12.2. The van der Waals surface area contributed by atoms with Crippen LogP contribution in [-0.4, -0.2) is 28.8 Å². The Morgan fingerprint density at radius 1 is 0.882 bits per heavy atom. The van der Waals surface area contributed by atoms with Gasteiger partial charge in [-0.1, -0.05) is 83.9 Å². The van der Waals surface area contributed by atoms with Crippen LogP contribution in [0.1, 0.15) is 36.1 Å². The van der Waals surface area contributed by atoms with E-state index < -0.39 is 6.04 Å². The fourth-order valence-electron chi connectivity index (χ4n) is 3.83. The molecular weight excluding hydrogens is 467 g/mol. The summed E-state index contributed by atoms with van der Waals surface area (Å²) in [6.07, 6.45) is 0.529. The molecule has 0 aliphatic heterocycles. The van der Waals surface area contributed by atoms with Crippen LogP contribution in [0.2, 0.25) is 10.0 Å². The van der Waals surface area contributed by atoms with Gasteiger partial charge in [-0.3, -0.25) is 9.59 Å². The highest BCUT2D eigenvalue weighted by Gasteiger charge is 2.31. The standard InChI is InChI=1S/C28H30Cl2N2O2/c1-19(2)31-28(34)26(16-21-10-5-4-6-11-21)32(18-23-12-8-7-9-20(23)3)27(33)17-22-13-14-24(29)25(30)15-22/h4-15,19,26H,16-18H2,1-3H3,(H,31,34)/t26-/m1/s1. The molecule has 1 N–H and O–H groups in total. The first-order valence-corrected chi connectivity index (χ1v) is 12.1. The van der Waals surface area contributed by atoms with Crippen molar-refractivity contribution in [2.24, 2.45) is 0 Å². The highest BCUT2D eigenvalue weighted by Crippen LogP contribution is 2.24. The van der Waals surface area contributed by atoms with Gasteiger partial charge < -0.3 is 10.2 Å². The van der Waals surface area contributed by atoms with Crippen molar-refractivity contribution in [2.75, 3.05) is 0 Å². The molecule has 0 saturated carbocycles. The minimum absolute atomic E-state index is 0.0451. The van der Waals surface area contributed by atoms with Crippen LogP contribution in [0.15, 0.2) is 72.8 Å². The van der Waals surface area contributed by atoms with Crippen LogP contribution >= 0.6 is 23.2 Å². The number of hydrogen-bond acceptors (Lipinski definition) is 2. The lowest BCUT2D eigenvalue weighted by Crippen LogP contribution is -2.52. The predicted molar refractivity (Wildman–Crippen MR) is 139 cm³/mol. The molecule has 1 atom stereocenters. The summed E-state index contributed by atoms with van der Waals surface area (Å²) in [6.45, 7) is 6.18. The van der Waals surface area contributed by atoms with Gasteiger partial charge in [-0.15, -0.1) is 0 Å². The van der Waals surface area contributed by atoms with Gasteiger partial charge in [0.1, 0.15) is 6.04 Å². The molecule has 0 fully saturated rings. The maximum absolute atomic E-state index is 13.7. The van der Waals surface area contributed by atoms with Gasteiger partial charge in [-0.25, -0.2) is 0 Å². The lowest BCUT2D eigenvalue weighted by atomic mass is 10.00. The third kappa shape index (κ3) is 7.09. The molecule has 0 radical (unpaired) electrons. The van der Waals surface area contributed by atoms with Crippen molar-refractivity contribution in [1.29, 1.82) is 0 Å². The van der Waals surface area contributed by atoms with Crippen LogP contribution in [0.4, 0.5) is 0 Å². The summed E-state index contributed by atoms with van der Waals surface area (Å²) in [5, 5.41) is 3.84. The van der Waals surface area contributed by atoms with E-state index in [4.69, 9.17) is 23.2 Å². The first-order chi connectivity index (χ1) is 16.2. The number of benzene rings is 3. The lowest BCUT2D eigenvalue weighted by Gasteiger charge is -2.32. The highest BCUT2D eigenvalue weighted by molar-refractivity contribution is 6.42. The van der Waals surface area contributed by atoms with E-state index in [1.54, 1.807) is 23.1 Å². The van der Waals surface area contributed by atoms with E-state index >= 15 is 0 Å². The van der Waals surface area contributed by atoms with E-state index in [-0.39, 0.29) is 24.3 Å². The number of hydrogen-bond donors (Lipinski definition) is 1. The van der Waals surface area contributed by atoms with Crippen molar-refractivity contribution < 1.29 is 9.59 Å². The van der Waals surface area contributed by atoms with Gasteiger partial charge in [0.25, 0.3) is 0 Å². The zero-order valence-corrected chi connectivity index (χ0v) is 21.2. The first kappa shape index (κ1) is 25.8. The second-order valence-corrected chi connectivity index (χ2v) is 9.56. The van der Waals surface area contributed by atoms with Crippen LogP contribution in [-0.2, 0) is 29.0 Å². The van der Waals surface area contributed by atoms with E-state index in [2.05, 4.69) is 5.32 Å². The molecule has 4 nitrogen and oxygen atoms in total. The maximum Gasteiger partial charge on any atom is 0.243 e. The molecule has 3 aromatic rings. The average molecular weight is 497 g/mol. The van der Waals surface area contributed by atoms with Gasteiger partial charge in [-0.2, -0.15) is 0 Å². The fraction of sp³-hybridized carbons (Fsp3) is 0.286. The molecule has 0 bridgehead atoms. The van der Waals surface area contributed by atoms with Gasteiger partial charge in [0.2, 0.25) is 11.8 Å². The van der Waals surface area contributed by atoms with Crippen LogP contribution < -0.4 is 5.32 Å². The van der Waals surface area contributed by atoms with E-state index in [9.17, 15) is 9.59 Å². The molecule has 0 heterocycles. The Balaban J connectivity index is 1.99. The number of amides is 2. The Morgan fingerprint density at radius 3 is 2.21 bits per heavy atom. The molecule has 34 heavy (non-hydrogen) atoms. The summed E-state index contributed by atoms with van der Waals surface area (Å²) in [4.78, 5) is 28.8. The number of carbonyl (C=O) groups is 2. The van der Waals surface area contributed by atoms with Crippen LogP contribution in [0.5, 0.6) is 0 Å². The summed E-state index contributed by atoms with van der Waals surface area (Å²) in [5.74, 6) is -0.323. The van der Waals surface area contributed by atoms with Crippen LogP contribution in [0, 0.1) is 6.92 Å². The fourth-order valence-corrected chi connectivity index (χ4v) is 4.15. The number of nitrogens with zero attached hydrogens (tertiary/aromatic N) is 1. The van der Waals surface area contributed by atoms with Gasteiger partial charge >= 0.3 is 0 Å². The highest BCUT2D eigenvalue weighted by atomic mass is 35.5. The Hall–Kier alpha value is -2.82. The van der Waals surface area contributed by atoms with Crippen LogP contribution in [0.3, 0.4) is 0 Å². The summed E-state index contributed by atoms with van der Waals surface area (Å²) in [7, 11) is 0. The van der Waals surface area contributed by atoms with E-state index in [1.807, 2.05) is 75.4 Å². The topological polar surface area (TPSA) is 49.4 Å². The van der Waals surface area contributed by atoms with E-state index in [0.717, 1.165) is 22.3 Å². The SMILES string of the molecule is Cc1ccccc1CN(C(=O)Cc1ccc(Cl)c(Cl)c1)[C@H](Cc1ccccc1)C(=O)NC(C)C. The van der Waals surface area contributed by atoms with Gasteiger partial charge in [-0.05, 0) is 55.2 Å². The number of carbonyl (C=O) groups excluding carboxylic acids is 2. The maximum atomic E-state index is 13.7. The summed E-state index contributed by atoms with van der Waals surface area (Å²) < 4.78 is 0. The first-order valence-electron chi connectivity index (χ1n) is 11.4. The molecule has 0 aliphatic rings. The van der Waals surface area contributed by atoms with Gasteiger partial charge in [0, 0.05) is 19.0 Å². The monoisotopic (exact) mass is 496 g/mol. The number of nitrogens with one attached hydrogen (secondary N) is 1. The van der Waals surface area contributed by atoms with Crippen LogP contribution in [0.25, 0.3) is 0 Å². The predicted octanol–water partition coefficient (Wildman–Crippen LogP) is 6.01. The molecule has 178 valence electrons. The third-order valence-electron chi connectivity index (χ3n) is 5.64. The molecule has 0 unspecified atom stereocenters. The van der Waals surface area contributed by atoms with Crippen molar-refractivity contribution >= 4 is 35.0 Å². The minimum atomic E-state index is -0.667. The smallest absolute Gasteiger partial charge is 0.243 e. The Bertz CT molecular complexity index is 1130. The largest absolute Gasteiger partial charge is 0.352 e. The number of halogens is 2. The Labute approximate surface area is 211 Å². The summed E-state index contributed by atoms with van der Waals surface area (Å²) in [6, 6.07) is 22.2. The van der Waals surface area contributed by atoms with Gasteiger partial charge in [0.05, 0.1) is 16.5 Å². The molecule has 0 aliphatic carbocycles. The molecule has 0 spiro atoms. The van der Waals surface area contributed by atoms with E-state index in [0.29, 0.717) is 23.0 Å². The zero-order chi connectivity index (χ0) is 24.7. The number of rotatable bonds is 9. The second-order valence-electron chi connectivity index (χ2n) is 8.74. The molecule has 3 rings (SSSR count). The molecule has 0 saturated heterocycles. The van der Waals surface area contributed by atoms with Gasteiger partial charge in [0.15, 0.2) is 0 Å². The van der Waals surface area contributed by atoms with Crippen molar-refractivity contribution in [2.45, 2.75) is 52.2 Å². The molecule has 2 amide bonds. The van der Waals surface area contributed by atoms with Crippen molar-refractivity contribution in [3.05, 3.63) is 105 Å². The summed E-state index contributed by atoms with van der Waals surface area (Å²) in [5.41, 5.74) is 3.80. The minimum Gasteiger partial charge on any atom is -0.352 e. The lowest BCUT2D eigenvalue weighted by molar-refractivity contribution is -0.141. The van der Waals surface area contributed by atoms with Crippen molar-refractivity contribution in [1.82, 2.24) is 10.2 Å². The second kappa shape index (κ2) is 12.0. The quantitative estimate of drug-likeness (QED) is 0.394. The number of aryl methyl sites for hydroxylation is 1. The van der Waals surface area contributed by atoms with E-state index in [1.165, 1.54) is 0 Å². The Kier molecular flexibility index (Phi) is 9.14. The molecular formula is C28H30Cl2N2O2. The van der Waals surface area contributed by atoms with Crippen molar-refractivity contribution in [3.63, 3.8) is 0 Å².